The highest BCUT2D eigenvalue weighted by atomic mass is 35.5. The van der Waals surface area contributed by atoms with Crippen LogP contribution in [-0.4, -0.2) is 10.6 Å². The molecule has 1 N–H and O–H groups in total. The molecule has 0 aliphatic heterocycles. The van der Waals surface area contributed by atoms with Gasteiger partial charge in [-0.2, -0.15) is 4.73 Å². The van der Waals surface area contributed by atoms with Gasteiger partial charge in [-0.25, -0.2) is 4.39 Å². The lowest BCUT2D eigenvalue weighted by Crippen LogP contribution is -2.18. The molecule has 0 radical (unpaired) electrons. The van der Waals surface area contributed by atoms with Gasteiger partial charge in [0.25, 0.3) is 0 Å². The summed E-state index contributed by atoms with van der Waals surface area (Å²) >= 11 is 6.35. The Morgan fingerprint density at radius 3 is 2.56 bits per heavy atom. The van der Waals surface area contributed by atoms with E-state index >= 15 is 0 Å². The van der Waals surface area contributed by atoms with E-state index in [0.29, 0.717) is 16.1 Å². The Kier molecular flexibility index (Phi) is 9.94. The summed E-state index contributed by atoms with van der Waals surface area (Å²) in [5, 5.41) is 3.30. The van der Waals surface area contributed by atoms with E-state index in [-0.39, 0.29) is 11.7 Å². The van der Waals surface area contributed by atoms with E-state index < -0.39 is 6.10 Å². The highest BCUT2D eigenvalue weighted by Gasteiger charge is 2.19. The van der Waals surface area contributed by atoms with Crippen molar-refractivity contribution in [1.82, 2.24) is 4.73 Å². The number of nitrogens with one attached hydrogen (secondary N) is 1. The molecule has 0 aliphatic rings. The van der Waals surface area contributed by atoms with E-state index in [1.165, 1.54) is 13.0 Å². The fraction of sp³-hybridized carbons (Fsp3) is 0.321. The summed E-state index contributed by atoms with van der Waals surface area (Å²) in [4.78, 5) is 17.6. The molecule has 1 aromatic heterocycles. The van der Waals surface area contributed by atoms with Gasteiger partial charge in [-0.05, 0) is 85.9 Å². The van der Waals surface area contributed by atoms with Gasteiger partial charge in [-0.1, -0.05) is 44.5 Å². The first kappa shape index (κ1) is 27.2. The van der Waals surface area contributed by atoms with E-state index in [0.717, 1.165) is 34.5 Å². The topological polar surface area (TPSA) is 43.3 Å². The highest BCUT2D eigenvalue weighted by Crippen LogP contribution is 2.30. The van der Waals surface area contributed by atoms with Gasteiger partial charge in [0.15, 0.2) is 0 Å². The quantitative estimate of drug-likeness (QED) is 0.369. The molecule has 0 fully saturated rings. The second-order valence-electron chi connectivity index (χ2n) is 7.81. The van der Waals surface area contributed by atoms with Crippen LogP contribution in [0.5, 0.6) is 0 Å². The molecule has 0 spiro atoms. The maximum atomic E-state index is 14.1. The molecule has 1 unspecified atom stereocenters. The molecule has 6 heteroatoms. The number of hydrogen-bond acceptors (Lipinski definition) is 2. The third-order valence-corrected chi connectivity index (χ3v) is 5.75. The number of nitrogens with zero attached hydrogens (tertiary/aromatic N) is 1. The molecule has 0 aliphatic carbocycles. The summed E-state index contributed by atoms with van der Waals surface area (Å²) in [6.45, 7) is 13.1. The lowest BCUT2D eigenvalue weighted by Gasteiger charge is -2.20. The maximum absolute atomic E-state index is 14.1. The molecule has 2 aromatic carbocycles. The smallest absolute Gasteiger partial charge is 0.221 e. The van der Waals surface area contributed by atoms with Crippen LogP contribution in [0.4, 0.5) is 10.1 Å². The van der Waals surface area contributed by atoms with Crippen molar-refractivity contribution in [2.45, 2.75) is 61.0 Å². The van der Waals surface area contributed by atoms with Crippen molar-refractivity contribution in [1.29, 1.82) is 0 Å². The number of carbonyl (C=O) groups is 1. The standard InChI is InChI=1S/C26H28ClFN2O2.C2H6/c1-6-20(21-8-7-9-22(14-21)29-19(5)31)15-25-16(2)12-13-30(25)32-18(4)26-17(3)24(28)11-10-23(26)27;1-2/h7-15,18H,6H2,1-5H3,(H,29,31);1-2H3/b20-15+;. The van der Waals surface area contributed by atoms with E-state index in [4.69, 9.17) is 16.4 Å². The highest BCUT2D eigenvalue weighted by molar-refractivity contribution is 6.31. The Hall–Kier alpha value is -3.05. The van der Waals surface area contributed by atoms with E-state index in [2.05, 4.69) is 18.3 Å². The predicted molar refractivity (Wildman–Crippen MR) is 141 cm³/mol. The zero-order chi connectivity index (χ0) is 25.4. The molecule has 1 heterocycles. The van der Waals surface area contributed by atoms with Gasteiger partial charge >= 0.3 is 0 Å². The van der Waals surface area contributed by atoms with Crippen LogP contribution >= 0.6 is 11.6 Å². The second kappa shape index (κ2) is 12.4. The minimum absolute atomic E-state index is 0.109. The summed E-state index contributed by atoms with van der Waals surface area (Å²) in [7, 11) is 0. The van der Waals surface area contributed by atoms with E-state index in [9.17, 15) is 9.18 Å². The first-order valence-corrected chi connectivity index (χ1v) is 12.0. The van der Waals surface area contributed by atoms with Gasteiger partial charge in [0, 0.05) is 29.4 Å². The largest absolute Gasteiger partial charge is 0.406 e. The Balaban J connectivity index is 0.00000199. The SMILES string of the molecule is CC.CC/C(=C\c1c(C)ccn1OC(C)c1c(Cl)ccc(F)c1C)c1cccc(NC(C)=O)c1. The second-order valence-corrected chi connectivity index (χ2v) is 8.22. The number of amides is 1. The minimum atomic E-state index is -0.453. The van der Waals surface area contributed by atoms with Crippen molar-refractivity contribution in [3.8, 4) is 0 Å². The van der Waals surface area contributed by atoms with E-state index in [1.54, 1.807) is 17.7 Å². The normalized spacial score (nSPS) is 12.0. The third-order valence-electron chi connectivity index (χ3n) is 5.42. The van der Waals surface area contributed by atoms with Crippen LogP contribution in [0.3, 0.4) is 0 Å². The monoisotopic (exact) mass is 484 g/mol. The third kappa shape index (κ3) is 6.51. The van der Waals surface area contributed by atoms with Gasteiger partial charge < -0.3 is 10.2 Å². The van der Waals surface area contributed by atoms with Gasteiger partial charge in [0.2, 0.25) is 5.91 Å². The summed E-state index contributed by atoms with van der Waals surface area (Å²) in [6.07, 6.45) is 4.26. The number of benzene rings is 2. The number of anilines is 1. The molecule has 0 saturated heterocycles. The number of halogens is 2. The summed E-state index contributed by atoms with van der Waals surface area (Å²) < 4.78 is 15.8. The van der Waals surface area contributed by atoms with Crippen LogP contribution in [-0.2, 0) is 4.79 Å². The van der Waals surface area contributed by atoms with Crippen molar-refractivity contribution >= 4 is 34.8 Å². The minimum Gasteiger partial charge on any atom is -0.406 e. The lowest BCUT2D eigenvalue weighted by molar-refractivity contribution is -0.114. The summed E-state index contributed by atoms with van der Waals surface area (Å²) in [6, 6.07) is 12.6. The van der Waals surface area contributed by atoms with Crippen molar-refractivity contribution in [3.63, 3.8) is 0 Å². The number of aromatic nitrogens is 1. The van der Waals surface area contributed by atoms with Crippen molar-refractivity contribution < 1.29 is 14.0 Å². The number of hydrogen-bond donors (Lipinski definition) is 1. The molecule has 34 heavy (non-hydrogen) atoms. The van der Waals surface area contributed by atoms with E-state index in [1.807, 2.05) is 64.2 Å². The van der Waals surface area contributed by atoms with Crippen molar-refractivity contribution in [2.75, 3.05) is 5.32 Å². The summed E-state index contributed by atoms with van der Waals surface area (Å²) in [5.41, 5.74) is 5.91. The molecule has 4 nitrogen and oxygen atoms in total. The molecule has 3 aromatic rings. The fourth-order valence-electron chi connectivity index (χ4n) is 3.73. The zero-order valence-electron chi connectivity index (χ0n) is 21.0. The predicted octanol–water partition coefficient (Wildman–Crippen LogP) is 8.02. The first-order valence-electron chi connectivity index (χ1n) is 11.6. The fourth-order valence-corrected chi connectivity index (χ4v) is 4.09. The molecule has 182 valence electrons. The van der Waals surface area contributed by atoms with Crippen LogP contribution in [0.25, 0.3) is 11.6 Å². The average Bonchev–Trinajstić information content (AvgIpc) is 3.14. The summed E-state index contributed by atoms with van der Waals surface area (Å²) in [5.74, 6) is -0.418. The number of carbonyl (C=O) groups excluding carboxylic acids is 1. The molecule has 1 atom stereocenters. The average molecular weight is 485 g/mol. The van der Waals surface area contributed by atoms with Crippen molar-refractivity contribution in [3.05, 3.63) is 87.4 Å². The van der Waals surface area contributed by atoms with Gasteiger partial charge in [0.05, 0.1) is 5.69 Å². The Labute approximate surface area is 207 Å². The molecule has 1 amide bonds. The molecular weight excluding hydrogens is 451 g/mol. The number of rotatable bonds is 7. The van der Waals surface area contributed by atoms with Crippen LogP contribution < -0.4 is 10.2 Å². The van der Waals surface area contributed by atoms with Gasteiger partial charge in [0.1, 0.15) is 11.9 Å². The molecule has 3 rings (SSSR count). The maximum Gasteiger partial charge on any atom is 0.221 e. The van der Waals surface area contributed by atoms with Crippen LogP contribution in [0.2, 0.25) is 5.02 Å². The van der Waals surface area contributed by atoms with Gasteiger partial charge in [-0.3, -0.25) is 4.79 Å². The Morgan fingerprint density at radius 1 is 1.21 bits per heavy atom. The number of aryl methyl sites for hydroxylation is 1. The molecule has 0 bridgehead atoms. The zero-order valence-corrected chi connectivity index (χ0v) is 21.8. The lowest BCUT2D eigenvalue weighted by atomic mass is 10.0. The van der Waals surface area contributed by atoms with Crippen LogP contribution in [0.15, 0.2) is 48.7 Å². The number of allylic oxidation sites excluding steroid dienone is 1. The molecule has 0 saturated carbocycles. The Morgan fingerprint density at radius 2 is 1.91 bits per heavy atom. The van der Waals surface area contributed by atoms with Crippen LogP contribution in [0, 0.1) is 19.7 Å². The van der Waals surface area contributed by atoms with Crippen molar-refractivity contribution in [2.24, 2.45) is 0 Å². The first-order chi connectivity index (χ1) is 16.2. The molecular formula is C28H34ClFN2O2. The van der Waals surface area contributed by atoms with Crippen LogP contribution in [0.1, 0.15) is 75.1 Å². The Bertz CT molecular complexity index is 1170. The van der Waals surface area contributed by atoms with Gasteiger partial charge in [-0.15, -0.1) is 0 Å².